The van der Waals surface area contributed by atoms with Crippen LogP contribution >= 0.6 is 0 Å². The molecule has 5 heteroatoms. The van der Waals surface area contributed by atoms with Crippen LogP contribution in [0.15, 0.2) is 0 Å². The van der Waals surface area contributed by atoms with Crippen LogP contribution in [0.3, 0.4) is 0 Å². The molecule has 0 aromatic carbocycles. The molecule has 5 nitrogen and oxygen atoms in total. The maximum Gasteiger partial charge on any atom is 0.222 e. The van der Waals surface area contributed by atoms with Gasteiger partial charge in [-0.2, -0.15) is 0 Å². The molecular weight excluding hydrogens is 218 g/mol. The third kappa shape index (κ3) is 4.26. The zero-order valence-corrected chi connectivity index (χ0v) is 11.0. The zero-order valence-electron chi connectivity index (χ0n) is 11.0. The smallest absolute Gasteiger partial charge is 0.222 e. The van der Waals surface area contributed by atoms with Gasteiger partial charge < -0.3 is 20.7 Å². The molecule has 0 saturated heterocycles. The molecule has 1 rings (SSSR count). The van der Waals surface area contributed by atoms with Gasteiger partial charge in [-0.25, -0.2) is 0 Å². The van der Waals surface area contributed by atoms with Crippen LogP contribution in [0.4, 0.5) is 0 Å². The summed E-state index contributed by atoms with van der Waals surface area (Å²) in [6, 6.07) is 0. The Hall–Kier alpha value is -0.650. The fourth-order valence-electron chi connectivity index (χ4n) is 2.07. The summed E-state index contributed by atoms with van der Waals surface area (Å²) in [6.07, 6.45) is 4.02. The lowest BCUT2D eigenvalue weighted by Gasteiger charge is -2.47. The van der Waals surface area contributed by atoms with E-state index in [1.807, 2.05) is 0 Å². The van der Waals surface area contributed by atoms with Crippen molar-refractivity contribution in [2.24, 2.45) is 5.73 Å². The third-order valence-electron chi connectivity index (χ3n) is 3.58. The highest BCUT2D eigenvalue weighted by molar-refractivity contribution is 5.76. The highest BCUT2D eigenvalue weighted by atomic mass is 16.5. The van der Waals surface area contributed by atoms with Gasteiger partial charge in [0.15, 0.2) is 0 Å². The molecule has 17 heavy (non-hydrogen) atoms. The quantitative estimate of drug-likeness (QED) is 0.587. The van der Waals surface area contributed by atoms with Gasteiger partial charge in [0.1, 0.15) is 0 Å². The lowest BCUT2D eigenvalue weighted by Crippen LogP contribution is -2.57. The first-order valence-electron chi connectivity index (χ1n) is 6.33. The van der Waals surface area contributed by atoms with Crippen LogP contribution in [-0.2, 0) is 9.53 Å². The first-order valence-corrected chi connectivity index (χ1v) is 6.33. The van der Waals surface area contributed by atoms with Crippen molar-refractivity contribution in [2.75, 3.05) is 40.4 Å². The Balaban J connectivity index is 2.14. The third-order valence-corrected chi connectivity index (χ3v) is 3.58. The molecule has 3 N–H and O–H groups in total. The van der Waals surface area contributed by atoms with Crippen molar-refractivity contribution in [3.63, 3.8) is 0 Å². The Bertz CT molecular complexity index is 240. The fourth-order valence-corrected chi connectivity index (χ4v) is 2.07. The number of likely N-dealkylation sites (N-methyl/N-ethyl adjacent to an activating group) is 1. The van der Waals surface area contributed by atoms with Gasteiger partial charge in [-0.15, -0.1) is 0 Å². The second kappa shape index (κ2) is 6.93. The Morgan fingerprint density at radius 1 is 1.41 bits per heavy atom. The molecule has 1 amide bonds. The van der Waals surface area contributed by atoms with Gasteiger partial charge in [-0.05, 0) is 33.4 Å². The van der Waals surface area contributed by atoms with Crippen molar-refractivity contribution in [1.29, 1.82) is 0 Å². The van der Waals surface area contributed by atoms with Crippen molar-refractivity contribution in [3.05, 3.63) is 0 Å². The van der Waals surface area contributed by atoms with E-state index in [1.165, 1.54) is 19.3 Å². The number of hydrogen-bond acceptors (Lipinski definition) is 4. The molecular formula is C12H25N3O2. The van der Waals surface area contributed by atoms with Crippen LogP contribution < -0.4 is 11.1 Å². The van der Waals surface area contributed by atoms with Crippen LogP contribution in [0.5, 0.6) is 0 Å². The number of carbonyl (C=O) groups excluding carboxylic acids is 1. The molecule has 0 aromatic heterocycles. The van der Waals surface area contributed by atoms with Gasteiger partial charge in [0.2, 0.25) is 5.91 Å². The predicted molar refractivity (Wildman–Crippen MR) is 67.8 cm³/mol. The molecule has 100 valence electrons. The van der Waals surface area contributed by atoms with Crippen molar-refractivity contribution in [3.8, 4) is 0 Å². The largest absolute Gasteiger partial charge is 0.380 e. The summed E-state index contributed by atoms with van der Waals surface area (Å²) < 4.78 is 5.18. The number of nitrogens with one attached hydrogen (secondary N) is 1. The fraction of sp³-hybridized carbons (Fsp3) is 0.917. The van der Waals surface area contributed by atoms with E-state index in [0.29, 0.717) is 26.2 Å². The average molecular weight is 243 g/mol. The minimum Gasteiger partial charge on any atom is -0.380 e. The molecule has 0 atom stereocenters. The molecule has 0 aliphatic heterocycles. The van der Waals surface area contributed by atoms with Crippen LogP contribution in [0.2, 0.25) is 0 Å². The Labute approximate surface area is 104 Å². The summed E-state index contributed by atoms with van der Waals surface area (Å²) in [5, 5.41) is 2.99. The Morgan fingerprint density at radius 2 is 2.12 bits per heavy atom. The topological polar surface area (TPSA) is 67.6 Å². The number of ether oxygens (including phenoxy) is 1. The first-order chi connectivity index (χ1) is 8.10. The van der Waals surface area contributed by atoms with Crippen LogP contribution in [0, 0.1) is 0 Å². The lowest BCUT2D eigenvalue weighted by molar-refractivity contribution is -0.123. The molecule has 1 fully saturated rings. The van der Waals surface area contributed by atoms with Gasteiger partial charge in [-0.1, -0.05) is 0 Å². The highest BCUT2D eigenvalue weighted by Crippen LogP contribution is 2.35. The molecule has 0 unspecified atom stereocenters. The number of hydrogen-bond donors (Lipinski definition) is 2. The monoisotopic (exact) mass is 243 g/mol. The molecule has 0 bridgehead atoms. The van der Waals surface area contributed by atoms with Crippen molar-refractivity contribution < 1.29 is 9.53 Å². The average Bonchev–Trinajstić information content (AvgIpc) is 2.22. The van der Waals surface area contributed by atoms with E-state index in [2.05, 4.69) is 24.3 Å². The molecule has 0 aromatic rings. The number of nitrogens with two attached hydrogens (primary N) is 1. The maximum atomic E-state index is 11.6. The number of amides is 1. The molecule has 1 aliphatic rings. The number of rotatable bonds is 8. The predicted octanol–water partition coefficient (Wildman–Crippen LogP) is -0.0477. The van der Waals surface area contributed by atoms with Crippen LogP contribution in [0.25, 0.3) is 0 Å². The standard InChI is InChI=1S/C12H25N3O2/c1-15(2)12(5-3-6-12)10-14-11(16)4-8-17-9-7-13/h3-10,13H2,1-2H3,(H,14,16). The summed E-state index contributed by atoms with van der Waals surface area (Å²) >= 11 is 0. The van der Waals surface area contributed by atoms with Crippen molar-refractivity contribution in [1.82, 2.24) is 10.2 Å². The van der Waals surface area contributed by atoms with E-state index < -0.39 is 0 Å². The van der Waals surface area contributed by atoms with Gasteiger partial charge >= 0.3 is 0 Å². The molecule has 0 heterocycles. The van der Waals surface area contributed by atoms with Gasteiger partial charge in [0, 0.05) is 25.0 Å². The van der Waals surface area contributed by atoms with E-state index in [1.54, 1.807) is 0 Å². The molecule has 0 spiro atoms. The maximum absolute atomic E-state index is 11.6. The summed E-state index contributed by atoms with van der Waals surface area (Å²) in [4.78, 5) is 13.8. The van der Waals surface area contributed by atoms with Gasteiger partial charge in [0.25, 0.3) is 0 Å². The van der Waals surface area contributed by atoms with Gasteiger partial charge in [0.05, 0.1) is 13.2 Å². The van der Waals surface area contributed by atoms with E-state index in [0.717, 1.165) is 6.54 Å². The van der Waals surface area contributed by atoms with Crippen molar-refractivity contribution in [2.45, 2.75) is 31.2 Å². The summed E-state index contributed by atoms with van der Waals surface area (Å²) in [7, 11) is 4.16. The van der Waals surface area contributed by atoms with Crippen molar-refractivity contribution >= 4 is 5.91 Å². The SMILES string of the molecule is CN(C)C1(CNC(=O)CCOCCN)CCC1. The van der Waals surface area contributed by atoms with Crippen LogP contribution in [0.1, 0.15) is 25.7 Å². The van der Waals surface area contributed by atoms with E-state index >= 15 is 0 Å². The lowest BCUT2D eigenvalue weighted by atomic mass is 9.75. The highest BCUT2D eigenvalue weighted by Gasteiger charge is 2.38. The van der Waals surface area contributed by atoms with E-state index in [9.17, 15) is 4.79 Å². The molecule has 1 aliphatic carbocycles. The zero-order chi connectivity index (χ0) is 12.7. The summed E-state index contributed by atoms with van der Waals surface area (Å²) in [6.45, 7) is 2.23. The second-order valence-corrected chi connectivity index (χ2v) is 4.90. The summed E-state index contributed by atoms with van der Waals surface area (Å²) in [5.41, 5.74) is 5.48. The molecule has 1 saturated carbocycles. The Kier molecular flexibility index (Phi) is 5.88. The minimum atomic E-state index is 0.0650. The molecule has 0 radical (unpaired) electrons. The van der Waals surface area contributed by atoms with Crippen LogP contribution in [-0.4, -0.2) is 56.7 Å². The second-order valence-electron chi connectivity index (χ2n) is 4.90. The number of nitrogens with zero attached hydrogens (tertiary/aromatic N) is 1. The normalized spacial score (nSPS) is 17.9. The minimum absolute atomic E-state index is 0.0650. The van der Waals surface area contributed by atoms with E-state index in [4.69, 9.17) is 10.5 Å². The number of carbonyl (C=O) groups is 1. The van der Waals surface area contributed by atoms with E-state index in [-0.39, 0.29) is 11.4 Å². The Morgan fingerprint density at radius 3 is 2.59 bits per heavy atom. The van der Waals surface area contributed by atoms with Gasteiger partial charge in [-0.3, -0.25) is 4.79 Å². The first kappa shape index (κ1) is 14.4. The summed E-state index contributed by atoms with van der Waals surface area (Å²) in [5.74, 6) is 0.0650.